The van der Waals surface area contributed by atoms with Gasteiger partial charge in [0, 0.05) is 23.9 Å². The predicted octanol–water partition coefficient (Wildman–Crippen LogP) is 2.82. The summed E-state index contributed by atoms with van der Waals surface area (Å²) in [7, 11) is -3.94. The monoisotopic (exact) mass is 435 g/mol. The Labute approximate surface area is 173 Å². The maximum Gasteiger partial charge on any atom is 0.271 e. The third-order valence-corrected chi connectivity index (χ3v) is 5.78. The first-order valence-corrected chi connectivity index (χ1v) is 10.9. The molecule has 11 heteroatoms. The van der Waals surface area contributed by atoms with Gasteiger partial charge in [-0.25, -0.2) is 8.42 Å². The first-order chi connectivity index (χ1) is 14.1. The molecule has 1 N–H and O–H groups in total. The number of nitro groups is 1. The van der Waals surface area contributed by atoms with Crippen molar-refractivity contribution >= 4 is 33.0 Å². The number of fused-ring (bicyclic) bond motifs is 1. The summed E-state index contributed by atoms with van der Waals surface area (Å²) in [6.45, 7) is 3.37. The number of hydrogen-bond acceptors (Lipinski definition) is 7. The molecule has 0 radical (unpaired) electrons. The lowest BCUT2D eigenvalue weighted by atomic mass is 10.1. The molecule has 0 spiro atoms. The number of non-ortho nitro benzene ring substituents is 1. The van der Waals surface area contributed by atoms with E-state index in [1.165, 1.54) is 12.1 Å². The Hall–Kier alpha value is -3.34. The van der Waals surface area contributed by atoms with Crippen molar-refractivity contribution in [3.63, 3.8) is 0 Å². The fourth-order valence-electron chi connectivity index (χ4n) is 3.18. The van der Waals surface area contributed by atoms with E-state index in [4.69, 9.17) is 9.47 Å². The normalized spacial score (nSPS) is 13.6. The smallest absolute Gasteiger partial charge is 0.271 e. The molecule has 0 unspecified atom stereocenters. The van der Waals surface area contributed by atoms with E-state index < -0.39 is 26.9 Å². The minimum atomic E-state index is -3.94. The van der Waals surface area contributed by atoms with Gasteiger partial charge in [0.05, 0.1) is 16.9 Å². The van der Waals surface area contributed by atoms with E-state index in [0.717, 1.165) is 16.6 Å². The van der Waals surface area contributed by atoms with E-state index in [9.17, 15) is 23.3 Å². The van der Waals surface area contributed by atoms with Gasteiger partial charge in [0.2, 0.25) is 22.7 Å². The average Bonchev–Trinajstić information content (AvgIpc) is 3.13. The first-order valence-electron chi connectivity index (χ1n) is 9.06. The summed E-state index contributed by atoms with van der Waals surface area (Å²) in [5.74, 6) is 0.438. The lowest BCUT2D eigenvalue weighted by molar-refractivity contribution is -0.384. The van der Waals surface area contributed by atoms with Gasteiger partial charge >= 0.3 is 0 Å². The second-order valence-corrected chi connectivity index (χ2v) is 8.63. The van der Waals surface area contributed by atoms with Gasteiger partial charge < -0.3 is 14.8 Å². The Morgan fingerprint density at radius 1 is 1.23 bits per heavy atom. The van der Waals surface area contributed by atoms with Crippen molar-refractivity contribution in [1.29, 1.82) is 0 Å². The first kappa shape index (κ1) is 21.4. The van der Waals surface area contributed by atoms with E-state index in [1.54, 1.807) is 32.0 Å². The zero-order valence-electron chi connectivity index (χ0n) is 16.6. The fourth-order valence-corrected chi connectivity index (χ4v) is 4.45. The van der Waals surface area contributed by atoms with Crippen LogP contribution in [0.2, 0.25) is 0 Å². The van der Waals surface area contributed by atoms with Gasteiger partial charge in [-0.2, -0.15) is 0 Å². The number of anilines is 2. The van der Waals surface area contributed by atoms with Gasteiger partial charge in [0.25, 0.3) is 5.69 Å². The fraction of sp³-hybridized carbons (Fsp3) is 0.316. The lowest BCUT2D eigenvalue weighted by Gasteiger charge is -2.31. The van der Waals surface area contributed by atoms with Crippen molar-refractivity contribution < 1.29 is 27.6 Å². The molecule has 0 aliphatic carbocycles. The van der Waals surface area contributed by atoms with Gasteiger partial charge in [-0.15, -0.1) is 0 Å². The number of carbonyl (C=O) groups is 1. The number of amides is 1. The number of rotatable bonds is 7. The molecule has 0 fully saturated rings. The molecule has 1 aliphatic rings. The summed E-state index contributed by atoms with van der Waals surface area (Å²) in [5, 5.41) is 13.9. The number of hydrogen-bond donors (Lipinski definition) is 1. The number of nitro benzene ring substituents is 1. The molecule has 0 aromatic heterocycles. The summed E-state index contributed by atoms with van der Waals surface area (Å²) < 4.78 is 36.7. The molecule has 30 heavy (non-hydrogen) atoms. The van der Waals surface area contributed by atoms with Gasteiger partial charge in [0.1, 0.15) is 6.04 Å². The van der Waals surface area contributed by atoms with E-state index in [-0.39, 0.29) is 24.6 Å². The van der Waals surface area contributed by atoms with Gasteiger partial charge in [-0.05, 0) is 31.0 Å². The zero-order valence-corrected chi connectivity index (χ0v) is 17.4. The van der Waals surface area contributed by atoms with E-state index in [2.05, 4.69) is 5.32 Å². The van der Waals surface area contributed by atoms with Crippen LogP contribution in [-0.4, -0.2) is 38.3 Å². The van der Waals surface area contributed by atoms with Crippen LogP contribution in [0.15, 0.2) is 36.4 Å². The molecule has 1 heterocycles. The van der Waals surface area contributed by atoms with Crippen LogP contribution in [0.5, 0.6) is 11.5 Å². The van der Waals surface area contributed by atoms with Crippen molar-refractivity contribution in [2.24, 2.45) is 0 Å². The molecule has 160 valence electrons. The highest BCUT2D eigenvalue weighted by Crippen LogP contribution is 2.35. The van der Waals surface area contributed by atoms with Crippen LogP contribution in [0.1, 0.15) is 18.9 Å². The van der Waals surface area contributed by atoms with Gasteiger partial charge in [0.15, 0.2) is 11.5 Å². The quantitative estimate of drug-likeness (QED) is 0.523. The predicted molar refractivity (Wildman–Crippen MR) is 110 cm³/mol. The Morgan fingerprint density at radius 3 is 2.57 bits per heavy atom. The standard InChI is InChI=1S/C19H21N3O7S/c1-4-15(19(23)20-13-6-8-17-18(9-13)29-11-28-17)21(30(3,26)27)16-10-14(22(24)25)7-5-12(16)2/h5-10,15H,4,11H2,1-3H3,(H,20,23)/t15-/m0/s1. The van der Waals surface area contributed by atoms with Crippen molar-refractivity contribution in [1.82, 2.24) is 0 Å². The minimum absolute atomic E-state index is 0.0816. The van der Waals surface area contributed by atoms with E-state index >= 15 is 0 Å². The van der Waals surface area contributed by atoms with Crippen molar-refractivity contribution in [3.8, 4) is 11.5 Å². The van der Waals surface area contributed by atoms with Crippen LogP contribution in [0, 0.1) is 17.0 Å². The number of benzene rings is 2. The molecule has 3 rings (SSSR count). The summed E-state index contributed by atoms with van der Waals surface area (Å²) in [4.78, 5) is 23.6. The minimum Gasteiger partial charge on any atom is -0.454 e. The Bertz CT molecular complexity index is 1100. The van der Waals surface area contributed by atoms with Crippen LogP contribution in [0.3, 0.4) is 0 Å². The maximum absolute atomic E-state index is 13.0. The second kappa shape index (κ2) is 8.19. The molecule has 1 atom stereocenters. The van der Waals surface area contributed by atoms with E-state index in [1.807, 2.05) is 0 Å². The molecule has 0 saturated heterocycles. The number of carbonyl (C=O) groups excluding carboxylic acids is 1. The summed E-state index contributed by atoms with van der Waals surface area (Å²) >= 11 is 0. The molecular formula is C19H21N3O7S. The third kappa shape index (κ3) is 4.30. The summed E-state index contributed by atoms with van der Waals surface area (Å²) in [6.07, 6.45) is 1.10. The van der Waals surface area contributed by atoms with Crippen molar-refractivity contribution in [2.45, 2.75) is 26.3 Å². The van der Waals surface area contributed by atoms with Gasteiger partial charge in [-0.1, -0.05) is 13.0 Å². The van der Waals surface area contributed by atoms with Crippen LogP contribution < -0.4 is 19.1 Å². The largest absolute Gasteiger partial charge is 0.454 e. The van der Waals surface area contributed by atoms with Crippen LogP contribution in [0.4, 0.5) is 17.1 Å². The highest BCUT2D eigenvalue weighted by Gasteiger charge is 2.33. The zero-order chi connectivity index (χ0) is 22.1. The number of nitrogens with one attached hydrogen (secondary N) is 1. The molecule has 2 aromatic rings. The Morgan fingerprint density at radius 2 is 1.93 bits per heavy atom. The number of aryl methyl sites for hydroxylation is 1. The second-order valence-electron chi connectivity index (χ2n) is 6.77. The Balaban J connectivity index is 1.97. The van der Waals surface area contributed by atoms with Crippen LogP contribution in [0.25, 0.3) is 0 Å². The average molecular weight is 435 g/mol. The molecule has 1 amide bonds. The highest BCUT2D eigenvalue weighted by atomic mass is 32.2. The molecule has 1 aliphatic heterocycles. The number of sulfonamides is 1. The highest BCUT2D eigenvalue weighted by molar-refractivity contribution is 7.92. The molecule has 10 nitrogen and oxygen atoms in total. The lowest BCUT2D eigenvalue weighted by Crippen LogP contribution is -2.47. The topological polar surface area (TPSA) is 128 Å². The summed E-state index contributed by atoms with van der Waals surface area (Å²) in [5.41, 5.74) is 0.710. The molecule has 0 bridgehead atoms. The maximum atomic E-state index is 13.0. The SMILES string of the molecule is CC[C@@H](C(=O)Nc1ccc2c(c1)OCO2)N(c1cc([N+](=O)[O-])ccc1C)S(C)(=O)=O. The van der Waals surface area contributed by atoms with Gasteiger partial charge in [-0.3, -0.25) is 19.2 Å². The summed E-state index contributed by atoms with van der Waals surface area (Å²) in [6, 6.07) is 7.61. The Kier molecular flexibility index (Phi) is 5.83. The number of ether oxygens (including phenoxy) is 2. The molecular weight excluding hydrogens is 414 g/mol. The van der Waals surface area contributed by atoms with Crippen LogP contribution >= 0.6 is 0 Å². The number of nitrogens with zero attached hydrogens (tertiary/aromatic N) is 2. The third-order valence-electron chi connectivity index (χ3n) is 4.61. The van der Waals surface area contributed by atoms with Crippen LogP contribution in [-0.2, 0) is 14.8 Å². The van der Waals surface area contributed by atoms with E-state index in [0.29, 0.717) is 22.7 Å². The molecule has 0 saturated carbocycles. The van der Waals surface area contributed by atoms with Crippen molar-refractivity contribution in [2.75, 3.05) is 22.7 Å². The molecule has 2 aromatic carbocycles. The van der Waals surface area contributed by atoms with Crippen molar-refractivity contribution in [3.05, 3.63) is 52.1 Å².